The van der Waals surface area contributed by atoms with Crippen molar-refractivity contribution in [1.29, 1.82) is 0 Å². The van der Waals surface area contributed by atoms with Crippen LogP contribution in [0, 0.1) is 0 Å². The fourth-order valence-electron chi connectivity index (χ4n) is 6.07. The van der Waals surface area contributed by atoms with Gasteiger partial charge in [-0.15, -0.1) is 0 Å². The minimum atomic E-state index is -0.0890. The number of nitrogens with one attached hydrogen (secondary N) is 1. The van der Waals surface area contributed by atoms with Crippen molar-refractivity contribution in [3.63, 3.8) is 0 Å². The van der Waals surface area contributed by atoms with E-state index in [-0.39, 0.29) is 10.8 Å². The maximum Gasteiger partial charge on any atom is 0.0565 e. The minimum Gasteiger partial charge on any atom is -0.330 e. The number of halogens is 3. The Labute approximate surface area is 281 Å². The first kappa shape index (κ1) is 34.0. The molecule has 2 unspecified atom stereocenters. The molecule has 0 saturated heterocycles. The highest BCUT2D eigenvalue weighted by atomic mass is 79.9. The van der Waals surface area contributed by atoms with Crippen LogP contribution in [0.15, 0.2) is 114 Å². The van der Waals surface area contributed by atoms with Gasteiger partial charge in [0.25, 0.3) is 0 Å². The van der Waals surface area contributed by atoms with Crippen molar-refractivity contribution < 1.29 is 0 Å². The van der Waals surface area contributed by atoms with Crippen LogP contribution in [0.5, 0.6) is 0 Å². The van der Waals surface area contributed by atoms with E-state index in [1.54, 1.807) is 0 Å². The quantitative estimate of drug-likeness (QED) is 0.145. The van der Waals surface area contributed by atoms with Gasteiger partial charge in [-0.2, -0.15) is 5.10 Å². The summed E-state index contributed by atoms with van der Waals surface area (Å²) < 4.78 is 1.12. The predicted octanol–water partition coefficient (Wildman–Crippen LogP) is 11.4. The van der Waals surface area contributed by atoms with Crippen LogP contribution in [-0.2, 0) is 10.8 Å². The normalized spacial score (nSPS) is 13.8. The molecular formula is C38H42BrCl2N3. The molecule has 0 aliphatic heterocycles. The summed E-state index contributed by atoms with van der Waals surface area (Å²) in [5.41, 5.74) is 13.4. The first-order valence-corrected chi connectivity index (χ1v) is 16.9. The Morgan fingerprint density at radius 2 is 1.20 bits per heavy atom. The molecule has 0 saturated carbocycles. The lowest BCUT2D eigenvalue weighted by molar-refractivity contribution is 0.463. The first-order valence-electron chi connectivity index (χ1n) is 15.3. The number of H-pyrrole nitrogens is 1. The molecule has 0 amide bonds. The second kappa shape index (κ2) is 15.9. The molecule has 6 heteroatoms. The fourth-order valence-corrected chi connectivity index (χ4v) is 6.58. The van der Waals surface area contributed by atoms with Crippen molar-refractivity contribution >= 4 is 39.1 Å². The smallest absolute Gasteiger partial charge is 0.0565 e. The summed E-state index contributed by atoms with van der Waals surface area (Å²) in [6, 6.07) is 33.8. The SMILES string of the molecule is CCC(CCN)(c1ccc(Cl)cc1)c1ccc(-c2cn[nH]c2)cc1.CCCCC(C)(c1ccc(Cl)cc1)c1ccc(Br)cc1. The highest BCUT2D eigenvalue weighted by Gasteiger charge is 2.32. The molecule has 0 fully saturated rings. The molecule has 3 N–H and O–H groups in total. The lowest BCUT2D eigenvalue weighted by atomic mass is 9.70. The van der Waals surface area contributed by atoms with E-state index in [0.29, 0.717) is 6.54 Å². The number of aromatic amines is 1. The Morgan fingerprint density at radius 1 is 0.705 bits per heavy atom. The highest BCUT2D eigenvalue weighted by molar-refractivity contribution is 9.10. The van der Waals surface area contributed by atoms with Crippen LogP contribution in [0.25, 0.3) is 11.1 Å². The van der Waals surface area contributed by atoms with E-state index < -0.39 is 0 Å². The van der Waals surface area contributed by atoms with Gasteiger partial charge >= 0.3 is 0 Å². The molecule has 0 radical (unpaired) electrons. The van der Waals surface area contributed by atoms with Gasteiger partial charge in [0, 0.05) is 37.1 Å². The molecule has 0 aliphatic carbocycles. The summed E-state index contributed by atoms with van der Waals surface area (Å²) in [5, 5.41) is 8.42. The van der Waals surface area contributed by atoms with Gasteiger partial charge in [-0.1, -0.05) is 133 Å². The average Bonchev–Trinajstić information content (AvgIpc) is 3.59. The molecule has 5 aromatic rings. The molecule has 1 heterocycles. The van der Waals surface area contributed by atoms with Gasteiger partial charge in [0.1, 0.15) is 0 Å². The zero-order valence-electron chi connectivity index (χ0n) is 25.8. The number of unbranched alkanes of at least 4 members (excludes halogenated alkanes) is 1. The Morgan fingerprint density at radius 3 is 1.66 bits per heavy atom. The molecule has 0 aliphatic rings. The largest absolute Gasteiger partial charge is 0.330 e. The Bertz CT molecular complexity index is 1500. The van der Waals surface area contributed by atoms with Crippen molar-refractivity contribution in [2.24, 2.45) is 5.73 Å². The Balaban J connectivity index is 0.000000204. The number of aromatic nitrogens is 2. The van der Waals surface area contributed by atoms with Crippen LogP contribution < -0.4 is 5.73 Å². The third-order valence-corrected chi connectivity index (χ3v) is 9.87. The molecule has 44 heavy (non-hydrogen) atoms. The zero-order valence-corrected chi connectivity index (χ0v) is 28.9. The van der Waals surface area contributed by atoms with Gasteiger partial charge in [0.2, 0.25) is 0 Å². The van der Waals surface area contributed by atoms with Gasteiger partial charge in [0.05, 0.1) is 6.20 Å². The molecular weight excluding hydrogens is 649 g/mol. The van der Waals surface area contributed by atoms with Crippen molar-refractivity contribution in [2.75, 3.05) is 6.54 Å². The predicted molar refractivity (Wildman–Crippen MR) is 192 cm³/mol. The van der Waals surface area contributed by atoms with Crippen molar-refractivity contribution in [2.45, 2.75) is 63.7 Å². The maximum atomic E-state index is 6.07. The minimum absolute atomic E-state index is 0.0430. The van der Waals surface area contributed by atoms with Gasteiger partial charge in [0.15, 0.2) is 0 Å². The second-order valence-corrected chi connectivity index (χ2v) is 13.3. The molecule has 5 rings (SSSR count). The van der Waals surface area contributed by atoms with E-state index >= 15 is 0 Å². The fraction of sp³-hybridized carbons (Fsp3) is 0.289. The van der Waals surface area contributed by atoms with E-state index in [2.05, 4.69) is 120 Å². The van der Waals surface area contributed by atoms with Crippen LogP contribution in [0.3, 0.4) is 0 Å². The van der Waals surface area contributed by atoms with Crippen LogP contribution in [-0.4, -0.2) is 16.7 Å². The number of hydrogen-bond donors (Lipinski definition) is 2. The number of nitrogens with zero attached hydrogens (tertiary/aromatic N) is 1. The third kappa shape index (κ3) is 8.03. The molecule has 0 spiro atoms. The highest BCUT2D eigenvalue weighted by Crippen LogP contribution is 2.40. The van der Waals surface area contributed by atoms with Gasteiger partial charge in [-0.05, 0) is 90.0 Å². The molecule has 0 bridgehead atoms. The topological polar surface area (TPSA) is 54.7 Å². The molecule has 1 aromatic heterocycles. The van der Waals surface area contributed by atoms with Crippen molar-refractivity contribution in [3.8, 4) is 11.1 Å². The molecule has 3 nitrogen and oxygen atoms in total. The van der Waals surface area contributed by atoms with Crippen LogP contribution in [0.4, 0.5) is 0 Å². The van der Waals surface area contributed by atoms with E-state index in [9.17, 15) is 0 Å². The Kier molecular flexibility index (Phi) is 12.3. The van der Waals surface area contributed by atoms with Crippen molar-refractivity contribution in [3.05, 3.63) is 146 Å². The maximum absolute atomic E-state index is 6.07. The number of hydrogen-bond acceptors (Lipinski definition) is 2. The zero-order chi connectivity index (χ0) is 31.6. The number of nitrogens with two attached hydrogens (primary N) is 1. The van der Waals surface area contributed by atoms with Gasteiger partial charge in [-0.25, -0.2) is 0 Å². The molecule has 2 atom stereocenters. The van der Waals surface area contributed by atoms with Crippen LogP contribution >= 0.6 is 39.1 Å². The molecule has 230 valence electrons. The summed E-state index contributed by atoms with van der Waals surface area (Å²) in [4.78, 5) is 0. The first-order chi connectivity index (χ1) is 21.3. The average molecular weight is 692 g/mol. The second-order valence-electron chi connectivity index (χ2n) is 11.5. The van der Waals surface area contributed by atoms with E-state index in [1.165, 1.54) is 35.1 Å². The van der Waals surface area contributed by atoms with E-state index in [0.717, 1.165) is 44.9 Å². The van der Waals surface area contributed by atoms with E-state index in [1.807, 2.05) is 36.7 Å². The summed E-state index contributed by atoms with van der Waals surface area (Å²) in [7, 11) is 0. The van der Waals surface area contributed by atoms with Gasteiger partial charge < -0.3 is 5.73 Å². The summed E-state index contributed by atoms with van der Waals surface area (Å²) >= 11 is 15.6. The summed E-state index contributed by atoms with van der Waals surface area (Å²) in [6.07, 6.45) is 9.19. The molecule has 4 aromatic carbocycles. The van der Waals surface area contributed by atoms with Crippen LogP contribution in [0.2, 0.25) is 10.0 Å². The monoisotopic (exact) mass is 689 g/mol. The summed E-state index contributed by atoms with van der Waals surface area (Å²) in [6.45, 7) is 7.42. The number of benzene rings is 4. The summed E-state index contributed by atoms with van der Waals surface area (Å²) in [5.74, 6) is 0. The standard InChI is InChI=1S/C20H22ClN3.C18H20BrCl/c1-2-20(11-12-22,18-7-9-19(21)10-8-18)17-5-3-15(4-6-17)16-13-23-24-14-16;1-3-4-13-18(2,14-5-9-16(19)10-6-14)15-7-11-17(20)12-8-15/h3-10,13-14H,2,11-12,22H2,1H3,(H,23,24);5-12H,3-4,13H2,1-2H3. The van der Waals surface area contributed by atoms with Crippen molar-refractivity contribution in [1.82, 2.24) is 10.2 Å². The van der Waals surface area contributed by atoms with Gasteiger partial charge in [-0.3, -0.25) is 5.10 Å². The number of rotatable bonds is 11. The third-order valence-electron chi connectivity index (χ3n) is 8.83. The Hall–Kier alpha value is -2.89. The van der Waals surface area contributed by atoms with E-state index in [4.69, 9.17) is 28.9 Å². The lowest BCUT2D eigenvalue weighted by Crippen LogP contribution is -2.30. The lowest BCUT2D eigenvalue weighted by Gasteiger charge is -2.34. The van der Waals surface area contributed by atoms with Crippen LogP contribution in [0.1, 0.15) is 75.1 Å².